The minimum absolute atomic E-state index is 0.350. The van der Waals surface area contributed by atoms with Gasteiger partial charge in [-0.1, -0.05) is 5.57 Å². The highest BCUT2D eigenvalue weighted by Gasteiger charge is 2.22. The SMILES string of the molecule is CC(C)=C(C)C(C#N)O[Si](C)(C)C. The van der Waals surface area contributed by atoms with Crippen molar-refractivity contribution in [3.63, 3.8) is 0 Å². The normalized spacial score (nSPS) is 13.3. The van der Waals surface area contributed by atoms with Crippen molar-refractivity contribution in [2.75, 3.05) is 0 Å². The number of hydrogen-bond acceptors (Lipinski definition) is 2. The molecule has 0 saturated carbocycles. The lowest BCUT2D eigenvalue weighted by Crippen LogP contribution is -2.32. The molecule has 0 bridgehead atoms. The maximum Gasteiger partial charge on any atom is 0.185 e. The molecule has 0 radical (unpaired) electrons. The number of allylic oxidation sites excluding steroid dienone is 1. The summed E-state index contributed by atoms with van der Waals surface area (Å²) in [5.41, 5.74) is 2.22. The van der Waals surface area contributed by atoms with Gasteiger partial charge in [0.1, 0.15) is 0 Å². The van der Waals surface area contributed by atoms with Crippen molar-refractivity contribution in [2.45, 2.75) is 46.5 Å². The maximum absolute atomic E-state index is 8.92. The second-order valence-electron chi connectivity index (χ2n) is 4.42. The molecule has 0 aliphatic rings. The number of nitrogens with zero attached hydrogens (tertiary/aromatic N) is 1. The fraction of sp³-hybridized carbons (Fsp3) is 0.700. The summed E-state index contributed by atoms with van der Waals surface area (Å²) >= 11 is 0. The summed E-state index contributed by atoms with van der Waals surface area (Å²) in [6, 6.07) is 2.19. The van der Waals surface area contributed by atoms with Crippen molar-refractivity contribution in [2.24, 2.45) is 0 Å². The molecule has 0 rings (SSSR count). The van der Waals surface area contributed by atoms with Gasteiger partial charge < -0.3 is 4.43 Å². The summed E-state index contributed by atoms with van der Waals surface area (Å²) in [7, 11) is -1.61. The molecule has 0 spiro atoms. The van der Waals surface area contributed by atoms with Crippen molar-refractivity contribution in [3.05, 3.63) is 11.1 Å². The van der Waals surface area contributed by atoms with Gasteiger partial charge in [0.25, 0.3) is 0 Å². The monoisotopic (exact) mass is 197 g/mol. The van der Waals surface area contributed by atoms with E-state index in [0.717, 1.165) is 5.57 Å². The van der Waals surface area contributed by atoms with Crippen molar-refractivity contribution in [3.8, 4) is 6.07 Å². The van der Waals surface area contributed by atoms with E-state index in [2.05, 4.69) is 25.7 Å². The van der Waals surface area contributed by atoms with Crippen LogP contribution in [0.4, 0.5) is 0 Å². The molecule has 0 aliphatic carbocycles. The van der Waals surface area contributed by atoms with Crippen LogP contribution in [0.2, 0.25) is 19.6 Å². The zero-order valence-electron chi connectivity index (χ0n) is 9.43. The second kappa shape index (κ2) is 4.59. The van der Waals surface area contributed by atoms with Crippen molar-refractivity contribution in [1.29, 1.82) is 5.26 Å². The molecule has 0 aromatic rings. The first-order chi connectivity index (χ1) is 5.78. The van der Waals surface area contributed by atoms with Crippen molar-refractivity contribution in [1.82, 2.24) is 0 Å². The van der Waals surface area contributed by atoms with E-state index in [9.17, 15) is 0 Å². The molecule has 1 unspecified atom stereocenters. The molecule has 74 valence electrons. The molecule has 3 heteroatoms. The van der Waals surface area contributed by atoms with Crippen LogP contribution in [-0.2, 0) is 4.43 Å². The zero-order valence-corrected chi connectivity index (χ0v) is 10.4. The summed E-state index contributed by atoms with van der Waals surface area (Å²) in [6.45, 7) is 12.3. The van der Waals surface area contributed by atoms with Crippen LogP contribution in [0.5, 0.6) is 0 Å². The third-order valence-electron chi connectivity index (χ3n) is 1.77. The number of hydrogen-bond donors (Lipinski definition) is 0. The third-order valence-corrected chi connectivity index (χ3v) is 2.71. The smallest absolute Gasteiger partial charge is 0.185 e. The van der Waals surface area contributed by atoms with Gasteiger partial charge in [0.15, 0.2) is 14.4 Å². The highest BCUT2D eigenvalue weighted by molar-refractivity contribution is 6.69. The maximum atomic E-state index is 8.92. The Morgan fingerprint density at radius 1 is 1.23 bits per heavy atom. The van der Waals surface area contributed by atoms with Crippen LogP contribution in [0.3, 0.4) is 0 Å². The molecule has 0 heterocycles. The molecule has 13 heavy (non-hydrogen) atoms. The van der Waals surface area contributed by atoms with Gasteiger partial charge >= 0.3 is 0 Å². The van der Waals surface area contributed by atoms with Crippen LogP contribution in [0.25, 0.3) is 0 Å². The van der Waals surface area contributed by atoms with Gasteiger partial charge in [0, 0.05) is 0 Å². The first-order valence-corrected chi connectivity index (χ1v) is 7.90. The molecule has 0 amide bonds. The molecule has 0 N–H and O–H groups in total. The quantitative estimate of drug-likeness (QED) is 0.514. The van der Waals surface area contributed by atoms with E-state index in [1.165, 1.54) is 5.57 Å². The Morgan fingerprint density at radius 2 is 1.69 bits per heavy atom. The average molecular weight is 197 g/mol. The fourth-order valence-electron chi connectivity index (χ4n) is 0.827. The van der Waals surface area contributed by atoms with Crippen LogP contribution in [0.15, 0.2) is 11.1 Å². The van der Waals surface area contributed by atoms with Gasteiger partial charge in [-0.2, -0.15) is 5.26 Å². The molecule has 0 fully saturated rings. The molecular formula is C10H19NOSi. The van der Waals surface area contributed by atoms with E-state index < -0.39 is 8.32 Å². The Morgan fingerprint density at radius 3 is 1.92 bits per heavy atom. The lowest BCUT2D eigenvalue weighted by molar-refractivity contribution is 0.282. The van der Waals surface area contributed by atoms with Crippen LogP contribution in [0.1, 0.15) is 20.8 Å². The van der Waals surface area contributed by atoms with E-state index >= 15 is 0 Å². The minimum Gasteiger partial charge on any atom is -0.399 e. The van der Waals surface area contributed by atoms with E-state index in [0.29, 0.717) is 0 Å². The number of nitriles is 1. The van der Waals surface area contributed by atoms with E-state index in [1.54, 1.807) is 0 Å². The fourth-order valence-corrected chi connectivity index (χ4v) is 1.76. The number of rotatable bonds is 3. The van der Waals surface area contributed by atoms with Gasteiger partial charge in [-0.15, -0.1) is 0 Å². The Bertz CT molecular complexity index is 241. The van der Waals surface area contributed by atoms with E-state index in [4.69, 9.17) is 9.69 Å². The minimum atomic E-state index is -1.61. The largest absolute Gasteiger partial charge is 0.399 e. The zero-order chi connectivity index (χ0) is 10.6. The molecular weight excluding hydrogens is 178 g/mol. The summed E-state index contributed by atoms with van der Waals surface area (Å²) in [5, 5.41) is 8.92. The van der Waals surface area contributed by atoms with Crippen LogP contribution < -0.4 is 0 Å². The Hall–Kier alpha value is -0.593. The molecule has 2 nitrogen and oxygen atoms in total. The lowest BCUT2D eigenvalue weighted by atomic mass is 10.1. The Balaban J connectivity index is 4.59. The molecule has 0 aromatic carbocycles. The van der Waals surface area contributed by atoms with Gasteiger partial charge in [0.2, 0.25) is 0 Å². The van der Waals surface area contributed by atoms with Gasteiger partial charge in [-0.25, -0.2) is 0 Å². The Labute approximate surface area is 82.3 Å². The van der Waals surface area contributed by atoms with Crippen LogP contribution in [0, 0.1) is 11.3 Å². The first-order valence-electron chi connectivity index (χ1n) is 4.49. The summed E-state index contributed by atoms with van der Waals surface area (Å²) in [5.74, 6) is 0. The standard InChI is InChI=1S/C10H19NOSi/c1-8(2)9(3)10(7-11)12-13(4,5)6/h10H,1-6H3. The highest BCUT2D eigenvalue weighted by Crippen LogP contribution is 2.15. The molecule has 0 aliphatic heterocycles. The first kappa shape index (κ1) is 12.4. The van der Waals surface area contributed by atoms with Gasteiger partial charge in [0.05, 0.1) is 6.07 Å². The molecule has 0 aromatic heterocycles. The predicted molar refractivity (Wildman–Crippen MR) is 57.9 cm³/mol. The second-order valence-corrected chi connectivity index (χ2v) is 8.88. The topological polar surface area (TPSA) is 33.0 Å². The van der Waals surface area contributed by atoms with Crippen molar-refractivity contribution < 1.29 is 4.43 Å². The Kier molecular flexibility index (Phi) is 4.38. The molecule has 0 saturated heterocycles. The summed E-state index contributed by atoms with van der Waals surface area (Å²) in [4.78, 5) is 0. The van der Waals surface area contributed by atoms with Crippen LogP contribution in [-0.4, -0.2) is 14.4 Å². The lowest BCUT2D eigenvalue weighted by Gasteiger charge is -2.22. The van der Waals surface area contributed by atoms with E-state index in [-0.39, 0.29) is 6.10 Å². The molecule has 1 atom stereocenters. The van der Waals surface area contributed by atoms with Crippen LogP contribution >= 0.6 is 0 Å². The summed E-state index contributed by atoms with van der Waals surface area (Å²) < 4.78 is 5.73. The highest BCUT2D eigenvalue weighted by atomic mass is 28.4. The van der Waals surface area contributed by atoms with Gasteiger partial charge in [-0.05, 0) is 46.0 Å². The predicted octanol–water partition coefficient (Wildman–Crippen LogP) is 3.09. The summed E-state index contributed by atoms with van der Waals surface area (Å²) in [6.07, 6.45) is -0.350. The average Bonchev–Trinajstić information content (AvgIpc) is 1.97. The van der Waals surface area contributed by atoms with Gasteiger partial charge in [-0.3, -0.25) is 0 Å². The van der Waals surface area contributed by atoms with Crippen molar-refractivity contribution >= 4 is 8.32 Å². The third kappa shape index (κ3) is 4.86. The van der Waals surface area contributed by atoms with E-state index in [1.807, 2.05) is 20.8 Å².